The lowest BCUT2D eigenvalue weighted by atomic mass is 10.0. The van der Waals surface area contributed by atoms with E-state index >= 15 is 0 Å². The van der Waals surface area contributed by atoms with E-state index in [2.05, 4.69) is 10.3 Å². The summed E-state index contributed by atoms with van der Waals surface area (Å²) in [6.45, 7) is 0.478. The second kappa shape index (κ2) is 10.1. The minimum absolute atomic E-state index is 0.0711. The highest BCUT2D eigenvalue weighted by Gasteiger charge is 2.23. The van der Waals surface area contributed by atoms with Gasteiger partial charge >= 0.3 is 5.97 Å². The molecule has 6 heteroatoms. The molecule has 0 radical (unpaired) electrons. The van der Waals surface area contributed by atoms with Crippen LogP contribution in [0.5, 0.6) is 0 Å². The number of nitrogens with zero attached hydrogens (tertiary/aromatic N) is 1. The van der Waals surface area contributed by atoms with E-state index < -0.39 is 12.0 Å². The van der Waals surface area contributed by atoms with E-state index in [1.807, 2.05) is 30.3 Å². The minimum atomic E-state index is -0.788. The van der Waals surface area contributed by atoms with Gasteiger partial charge in [-0.15, -0.1) is 0 Å². The minimum Gasteiger partial charge on any atom is -0.458 e. The second-order valence-corrected chi connectivity index (χ2v) is 5.69. The van der Waals surface area contributed by atoms with Crippen LogP contribution in [0.2, 0.25) is 0 Å². The van der Waals surface area contributed by atoms with Crippen LogP contribution in [0.25, 0.3) is 0 Å². The van der Waals surface area contributed by atoms with E-state index in [4.69, 9.17) is 10.5 Å². The molecule has 0 spiro atoms. The molecule has 0 saturated carbocycles. The summed E-state index contributed by atoms with van der Waals surface area (Å²) < 4.78 is 5.17. The van der Waals surface area contributed by atoms with Crippen molar-refractivity contribution in [3.05, 3.63) is 71.3 Å². The van der Waals surface area contributed by atoms with Gasteiger partial charge in [0.2, 0.25) is 0 Å². The maximum absolute atomic E-state index is 12.5. The highest BCUT2D eigenvalue weighted by atomic mass is 16.5. The van der Waals surface area contributed by atoms with E-state index in [0.717, 1.165) is 11.1 Å². The Kier molecular flexibility index (Phi) is 7.51. The predicted octanol–water partition coefficient (Wildman–Crippen LogP) is 1.73. The Labute approximate surface area is 153 Å². The fraction of sp³-hybridized carbons (Fsp3) is 0.250. The Hall–Kier alpha value is -2.99. The summed E-state index contributed by atoms with van der Waals surface area (Å²) in [5.41, 5.74) is 7.89. The molecule has 3 N–H and O–H groups in total. The molecule has 0 fully saturated rings. The number of benzene rings is 2. The predicted molar refractivity (Wildman–Crippen MR) is 101 cm³/mol. The Morgan fingerprint density at radius 3 is 2.42 bits per heavy atom. The zero-order valence-corrected chi connectivity index (χ0v) is 14.7. The van der Waals surface area contributed by atoms with E-state index in [-0.39, 0.29) is 12.5 Å². The van der Waals surface area contributed by atoms with E-state index in [1.165, 1.54) is 6.21 Å². The van der Waals surface area contributed by atoms with Crippen molar-refractivity contribution in [1.82, 2.24) is 5.32 Å². The molecule has 0 aliphatic heterocycles. The van der Waals surface area contributed by atoms with Gasteiger partial charge < -0.3 is 15.8 Å². The molecule has 1 unspecified atom stereocenters. The number of aliphatic imine (C=N–C) groups is 1. The van der Waals surface area contributed by atoms with Crippen molar-refractivity contribution in [2.75, 3.05) is 13.7 Å². The summed E-state index contributed by atoms with van der Waals surface area (Å²) in [4.78, 5) is 28.7. The van der Waals surface area contributed by atoms with Gasteiger partial charge in [0.15, 0.2) is 0 Å². The summed E-state index contributed by atoms with van der Waals surface area (Å²) in [7, 11) is 1.60. The second-order valence-electron chi connectivity index (χ2n) is 5.69. The molecule has 136 valence electrons. The number of esters is 1. The normalized spacial score (nSPS) is 11.9. The maximum atomic E-state index is 12.5. The first-order valence-corrected chi connectivity index (χ1v) is 8.35. The maximum Gasteiger partial charge on any atom is 0.329 e. The molecule has 6 nitrogen and oxygen atoms in total. The molecule has 0 aliphatic rings. The average molecular weight is 353 g/mol. The smallest absolute Gasteiger partial charge is 0.329 e. The summed E-state index contributed by atoms with van der Waals surface area (Å²) >= 11 is 0. The lowest BCUT2D eigenvalue weighted by molar-refractivity contribution is -0.144. The van der Waals surface area contributed by atoms with Gasteiger partial charge in [-0.25, -0.2) is 4.79 Å². The zero-order chi connectivity index (χ0) is 18.8. The van der Waals surface area contributed by atoms with Crippen LogP contribution in [-0.2, 0) is 22.5 Å². The number of rotatable bonds is 8. The molecular weight excluding hydrogens is 330 g/mol. The monoisotopic (exact) mass is 353 g/mol. The fourth-order valence-corrected chi connectivity index (χ4v) is 2.37. The van der Waals surface area contributed by atoms with E-state index in [1.54, 1.807) is 31.3 Å². The quantitative estimate of drug-likeness (QED) is 0.558. The van der Waals surface area contributed by atoms with Gasteiger partial charge in [-0.3, -0.25) is 9.79 Å². The van der Waals surface area contributed by atoms with Crippen LogP contribution in [0.3, 0.4) is 0 Å². The Balaban J connectivity index is 2.10. The first kappa shape index (κ1) is 19.3. The number of nitrogens with one attached hydrogen (secondary N) is 1. The van der Waals surface area contributed by atoms with Crippen molar-refractivity contribution in [2.45, 2.75) is 19.0 Å². The summed E-state index contributed by atoms with van der Waals surface area (Å²) in [6, 6.07) is 15.6. The van der Waals surface area contributed by atoms with Crippen molar-refractivity contribution in [2.24, 2.45) is 10.7 Å². The van der Waals surface area contributed by atoms with Crippen molar-refractivity contribution in [1.29, 1.82) is 0 Å². The molecule has 2 aromatic rings. The van der Waals surface area contributed by atoms with Gasteiger partial charge in [-0.2, -0.15) is 0 Å². The van der Waals surface area contributed by atoms with Crippen LogP contribution in [0.1, 0.15) is 21.5 Å². The van der Waals surface area contributed by atoms with Gasteiger partial charge in [0.25, 0.3) is 5.91 Å². The molecule has 2 aromatic carbocycles. The number of hydrogen-bond acceptors (Lipinski definition) is 5. The summed E-state index contributed by atoms with van der Waals surface area (Å²) in [5, 5.41) is 2.76. The molecular formula is C20H23N3O3. The molecule has 2 rings (SSSR count). The summed E-state index contributed by atoms with van der Waals surface area (Å²) in [6.07, 6.45) is 1.83. The molecule has 0 saturated heterocycles. The number of amides is 1. The Morgan fingerprint density at radius 1 is 1.12 bits per heavy atom. The highest BCUT2D eigenvalue weighted by Crippen LogP contribution is 2.08. The van der Waals surface area contributed by atoms with Gasteiger partial charge in [0.05, 0.1) is 0 Å². The summed E-state index contributed by atoms with van der Waals surface area (Å²) in [5.74, 6) is -0.837. The highest BCUT2D eigenvalue weighted by molar-refractivity contribution is 5.97. The van der Waals surface area contributed by atoms with Crippen molar-refractivity contribution >= 4 is 18.1 Å². The topological polar surface area (TPSA) is 93.8 Å². The fourth-order valence-electron chi connectivity index (χ4n) is 2.37. The first-order chi connectivity index (χ1) is 12.6. The number of ether oxygens (including phenoxy) is 1. The van der Waals surface area contributed by atoms with E-state index in [0.29, 0.717) is 18.5 Å². The molecule has 0 heterocycles. The SMILES string of the molecule is CN=CCOC(=O)C(Cc1ccccc1)NC(=O)c1ccc(CN)cc1. The van der Waals surface area contributed by atoms with Gasteiger partial charge in [0.1, 0.15) is 12.6 Å². The number of nitrogens with two attached hydrogens (primary N) is 1. The van der Waals surface area contributed by atoms with Crippen LogP contribution in [-0.4, -0.2) is 37.8 Å². The van der Waals surface area contributed by atoms with Gasteiger partial charge in [-0.05, 0) is 23.3 Å². The van der Waals surface area contributed by atoms with Crippen LogP contribution in [0, 0.1) is 0 Å². The van der Waals surface area contributed by atoms with Crippen molar-refractivity contribution in [3.63, 3.8) is 0 Å². The van der Waals surface area contributed by atoms with Gasteiger partial charge in [-0.1, -0.05) is 42.5 Å². The standard InChI is InChI=1S/C20H23N3O3/c1-22-11-12-26-20(25)18(13-15-5-3-2-4-6-15)23-19(24)17-9-7-16(14-21)8-10-17/h2-11,18H,12-14,21H2,1H3,(H,23,24). The molecule has 1 amide bonds. The van der Waals surface area contributed by atoms with Crippen LogP contribution >= 0.6 is 0 Å². The zero-order valence-electron chi connectivity index (χ0n) is 14.7. The molecule has 0 aliphatic carbocycles. The van der Waals surface area contributed by atoms with E-state index in [9.17, 15) is 9.59 Å². The molecule has 1 atom stereocenters. The van der Waals surface area contributed by atoms with Crippen LogP contribution in [0.4, 0.5) is 0 Å². The molecule has 0 bridgehead atoms. The van der Waals surface area contributed by atoms with Crippen LogP contribution < -0.4 is 11.1 Å². The third-order valence-corrected chi connectivity index (χ3v) is 3.81. The molecule has 0 aromatic heterocycles. The van der Waals surface area contributed by atoms with Crippen LogP contribution in [0.15, 0.2) is 59.6 Å². The largest absolute Gasteiger partial charge is 0.458 e. The number of carbonyl (C=O) groups is 2. The molecule has 26 heavy (non-hydrogen) atoms. The third kappa shape index (κ3) is 5.82. The first-order valence-electron chi connectivity index (χ1n) is 8.35. The lowest BCUT2D eigenvalue weighted by Crippen LogP contribution is -2.43. The van der Waals surface area contributed by atoms with Crippen molar-refractivity contribution in [3.8, 4) is 0 Å². The Morgan fingerprint density at radius 2 is 1.81 bits per heavy atom. The number of carbonyl (C=O) groups excluding carboxylic acids is 2. The lowest BCUT2D eigenvalue weighted by Gasteiger charge is -2.17. The third-order valence-electron chi connectivity index (χ3n) is 3.81. The average Bonchev–Trinajstić information content (AvgIpc) is 2.68. The van der Waals surface area contributed by atoms with Gasteiger partial charge in [0, 0.05) is 31.8 Å². The Bertz CT molecular complexity index is 743. The van der Waals surface area contributed by atoms with Crippen molar-refractivity contribution < 1.29 is 14.3 Å². The number of hydrogen-bond donors (Lipinski definition) is 2.